The second kappa shape index (κ2) is 7.72. The molecule has 1 aliphatic heterocycles. The largest absolute Gasteiger partial charge is 0.508 e. The number of aromatic hydroxyl groups is 1. The minimum Gasteiger partial charge on any atom is -0.508 e. The first-order chi connectivity index (χ1) is 12.5. The Balaban J connectivity index is 1.93. The second-order valence-corrected chi connectivity index (χ2v) is 7.34. The first-order valence-electron chi connectivity index (χ1n) is 7.78. The van der Waals surface area contributed by atoms with Gasteiger partial charge in [0.2, 0.25) is 0 Å². The number of carbonyl (C=O) groups is 2. The molecule has 2 N–H and O–H groups in total. The van der Waals surface area contributed by atoms with Crippen LogP contribution in [0.3, 0.4) is 0 Å². The Hall–Kier alpha value is -2.64. The van der Waals surface area contributed by atoms with E-state index in [1.165, 1.54) is 17.0 Å². The molecule has 0 aromatic heterocycles. The van der Waals surface area contributed by atoms with Gasteiger partial charge in [0.05, 0.1) is 17.4 Å². The van der Waals surface area contributed by atoms with E-state index in [0.717, 1.165) is 22.9 Å². The zero-order valence-electron chi connectivity index (χ0n) is 13.5. The second-order valence-electron chi connectivity index (χ2n) is 5.67. The van der Waals surface area contributed by atoms with Crippen LogP contribution in [0, 0.1) is 0 Å². The van der Waals surface area contributed by atoms with Crippen molar-refractivity contribution in [1.29, 1.82) is 0 Å². The molecule has 132 valence electrons. The number of aliphatic carboxylic acids is 1. The number of benzene rings is 2. The summed E-state index contributed by atoms with van der Waals surface area (Å²) in [5, 5.41) is 18.6. The van der Waals surface area contributed by atoms with Gasteiger partial charge in [0.15, 0.2) is 0 Å². The minimum atomic E-state index is -1.00. The highest BCUT2D eigenvalue weighted by Gasteiger charge is 2.38. The van der Waals surface area contributed by atoms with E-state index in [2.05, 4.69) is 0 Å². The smallest absolute Gasteiger partial charge is 0.305 e. The number of hydrogen-bond acceptors (Lipinski definition) is 5. The zero-order valence-corrected chi connectivity index (χ0v) is 15.2. The van der Waals surface area contributed by atoms with E-state index in [1.54, 1.807) is 42.5 Å². The van der Waals surface area contributed by atoms with Gasteiger partial charge in [0.25, 0.3) is 5.91 Å². The fraction of sp³-hybridized carbons (Fsp3) is 0.105. The van der Waals surface area contributed by atoms with Crippen molar-refractivity contribution in [2.45, 2.75) is 12.5 Å². The molecule has 0 radical (unpaired) electrons. The molecule has 1 atom stereocenters. The molecule has 5 nitrogen and oxygen atoms in total. The molecule has 1 amide bonds. The van der Waals surface area contributed by atoms with Crippen LogP contribution in [0.1, 0.15) is 23.6 Å². The van der Waals surface area contributed by atoms with Gasteiger partial charge >= 0.3 is 5.97 Å². The van der Waals surface area contributed by atoms with Crippen molar-refractivity contribution in [3.05, 3.63) is 70.6 Å². The molecule has 1 aliphatic rings. The Bertz CT molecular complexity index is 878. The number of carbonyl (C=O) groups excluding carboxylic acids is 1. The first-order valence-corrected chi connectivity index (χ1v) is 9.01. The number of rotatable bonds is 5. The lowest BCUT2D eigenvalue weighted by Crippen LogP contribution is -2.34. The van der Waals surface area contributed by atoms with E-state index in [4.69, 9.17) is 12.2 Å². The Labute approximate surface area is 160 Å². The summed E-state index contributed by atoms with van der Waals surface area (Å²) in [5.74, 6) is -1.18. The molecule has 3 rings (SSSR count). The summed E-state index contributed by atoms with van der Waals surface area (Å²) < 4.78 is 0.329. The summed E-state index contributed by atoms with van der Waals surface area (Å²) in [7, 11) is 0. The van der Waals surface area contributed by atoms with Gasteiger partial charge in [-0.1, -0.05) is 66.4 Å². The molecule has 1 saturated heterocycles. The van der Waals surface area contributed by atoms with Gasteiger partial charge in [-0.15, -0.1) is 0 Å². The van der Waals surface area contributed by atoms with Gasteiger partial charge in [0.1, 0.15) is 10.1 Å². The van der Waals surface area contributed by atoms with E-state index >= 15 is 0 Å². The van der Waals surface area contributed by atoms with Crippen molar-refractivity contribution in [3.63, 3.8) is 0 Å². The number of phenols is 1. The monoisotopic (exact) mass is 385 g/mol. The third-order valence-electron chi connectivity index (χ3n) is 3.88. The summed E-state index contributed by atoms with van der Waals surface area (Å²) in [6.07, 6.45) is 1.45. The van der Waals surface area contributed by atoms with Crippen molar-refractivity contribution in [2.24, 2.45) is 0 Å². The number of carboxylic acid groups (broad SMARTS) is 1. The minimum absolute atomic E-state index is 0.139. The molecular formula is C19H15NO4S2. The Morgan fingerprint density at radius 1 is 1.15 bits per heavy atom. The van der Waals surface area contributed by atoms with Gasteiger partial charge in [0, 0.05) is 0 Å². The topological polar surface area (TPSA) is 77.8 Å². The fourth-order valence-electron chi connectivity index (χ4n) is 2.67. The molecule has 0 bridgehead atoms. The van der Waals surface area contributed by atoms with E-state index in [-0.39, 0.29) is 18.1 Å². The van der Waals surface area contributed by atoms with Crippen LogP contribution in [-0.4, -0.2) is 31.3 Å². The van der Waals surface area contributed by atoms with Gasteiger partial charge in [-0.05, 0) is 29.3 Å². The standard InChI is InChI=1S/C19H15NO4S2/c21-14-8-6-12(7-9-14)10-16-18(24)20(19(25)26-16)15(11-17(22)23)13-4-2-1-3-5-13/h1-10,15,21H,11H2,(H,22,23). The normalized spacial score (nSPS) is 16.9. The Kier molecular flexibility index (Phi) is 5.39. The average Bonchev–Trinajstić information content (AvgIpc) is 2.89. The summed E-state index contributed by atoms with van der Waals surface area (Å²) >= 11 is 6.50. The third-order valence-corrected chi connectivity index (χ3v) is 5.21. The quantitative estimate of drug-likeness (QED) is 0.602. The molecule has 0 spiro atoms. The van der Waals surface area contributed by atoms with Gasteiger partial charge in [-0.25, -0.2) is 0 Å². The van der Waals surface area contributed by atoms with Crippen LogP contribution in [0.25, 0.3) is 6.08 Å². The van der Waals surface area contributed by atoms with E-state index in [0.29, 0.717) is 9.23 Å². The molecule has 0 saturated carbocycles. The van der Waals surface area contributed by atoms with Crippen LogP contribution >= 0.6 is 24.0 Å². The maximum atomic E-state index is 12.9. The van der Waals surface area contributed by atoms with E-state index in [9.17, 15) is 19.8 Å². The summed E-state index contributed by atoms with van der Waals surface area (Å²) in [6, 6.07) is 14.8. The average molecular weight is 385 g/mol. The maximum absolute atomic E-state index is 12.9. The van der Waals surface area contributed by atoms with Crippen LogP contribution in [-0.2, 0) is 9.59 Å². The van der Waals surface area contributed by atoms with Crippen LogP contribution in [0.2, 0.25) is 0 Å². The molecule has 0 aliphatic carbocycles. The van der Waals surface area contributed by atoms with Crippen molar-refractivity contribution in [3.8, 4) is 5.75 Å². The highest BCUT2D eigenvalue weighted by atomic mass is 32.2. The number of thiocarbonyl (C=S) groups is 1. The van der Waals surface area contributed by atoms with E-state index < -0.39 is 12.0 Å². The first kappa shape index (κ1) is 18.2. The number of thioether (sulfide) groups is 1. The molecular weight excluding hydrogens is 370 g/mol. The van der Waals surface area contributed by atoms with Crippen LogP contribution < -0.4 is 0 Å². The van der Waals surface area contributed by atoms with Crippen molar-refractivity contribution >= 4 is 46.3 Å². The predicted molar refractivity (Wildman–Crippen MR) is 105 cm³/mol. The molecule has 7 heteroatoms. The highest BCUT2D eigenvalue weighted by Crippen LogP contribution is 2.39. The van der Waals surface area contributed by atoms with E-state index in [1.807, 2.05) is 6.07 Å². The van der Waals surface area contributed by atoms with Crippen molar-refractivity contribution < 1.29 is 19.8 Å². The number of carboxylic acids is 1. The maximum Gasteiger partial charge on any atom is 0.305 e. The Morgan fingerprint density at radius 2 is 1.81 bits per heavy atom. The van der Waals surface area contributed by atoms with Crippen molar-refractivity contribution in [1.82, 2.24) is 4.90 Å². The van der Waals surface area contributed by atoms with Crippen LogP contribution in [0.4, 0.5) is 0 Å². The van der Waals surface area contributed by atoms with Crippen LogP contribution in [0.15, 0.2) is 59.5 Å². The summed E-state index contributed by atoms with van der Waals surface area (Å²) in [6.45, 7) is 0. The van der Waals surface area contributed by atoms with Gasteiger partial charge in [-0.3, -0.25) is 14.5 Å². The zero-order chi connectivity index (χ0) is 18.7. The number of phenolic OH excluding ortho intramolecular Hbond substituents is 1. The number of hydrogen-bond donors (Lipinski definition) is 2. The molecule has 2 aromatic carbocycles. The number of nitrogens with zero attached hydrogens (tertiary/aromatic N) is 1. The number of amides is 1. The summed E-state index contributed by atoms with van der Waals surface area (Å²) in [5.41, 5.74) is 1.47. The molecule has 1 unspecified atom stereocenters. The Morgan fingerprint density at radius 3 is 2.42 bits per heavy atom. The molecule has 1 fully saturated rings. The van der Waals surface area contributed by atoms with Crippen molar-refractivity contribution in [2.75, 3.05) is 0 Å². The lowest BCUT2D eigenvalue weighted by Gasteiger charge is -2.26. The van der Waals surface area contributed by atoms with Crippen LogP contribution in [0.5, 0.6) is 5.75 Å². The summed E-state index contributed by atoms with van der Waals surface area (Å²) in [4.78, 5) is 26.0. The lowest BCUT2D eigenvalue weighted by atomic mass is 10.0. The highest BCUT2D eigenvalue weighted by molar-refractivity contribution is 8.26. The molecule has 2 aromatic rings. The predicted octanol–water partition coefficient (Wildman–Crippen LogP) is 3.81. The molecule has 26 heavy (non-hydrogen) atoms. The third kappa shape index (κ3) is 3.95. The lowest BCUT2D eigenvalue weighted by molar-refractivity contribution is -0.138. The van der Waals surface area contributed by atoms with Gasteiger partial charge < -0.3 is 10.2 Å². The SMILES string of the molecule is O=C(O)CC(c1ccccc1)N1C(=O)C(=Cc2ccc(O)cc2)SC1=S. The fourth-order valence-corrected chi connectivity index (χ4v) is 4.03. The van der Waals surface area contributed by atoms with Gasteiger partial charge in [-0.2, -0.15) is 0 Å². The molecule has 1 heterocycles.